The number of para-hydroxylation sites is 1. The van der Waals surface area contributed by atoms with Crippen LogP contribution >= 0.6 is 11.3 Å². The van der Waals surface area contributed by atoms with Crippen molar-refractivity contribution >= 4 is 23.4 Å². The molecule has 5 aromatic rings. The fourth-order valence-electron chi connectivity index (χ4n) is 5.59. The fraction of sp³-hybridized carbons (Fsp3) is 0.263. The first-order chi connectivity index (χ1) is 23.3. The molecule has 0 N–H and O–H groups in total. The summed E-state index contributed by atoms with van der Waals surface area (Å²) in [4.78, 5) is 32.8. The van der Waals surface area contributed by atoms with E-state index in [4.69, 9.17) is 24.3 Å². The summed E-state index contributed by atoms with van der Waals surface area (Å²) < 4.78 is 20.6. The molecule has 1 aliphatic heterocycles. The van der Waals surface area contributed by atoms with Crippen LogP contribution in [0.5, 0.6) is 11.5 Å². The maximum Gasteiger partial charge on any atom is 0.338 e. The number of ether oxygens (including phenoxy) is 3. The monoisotopic (exact) mass is 662 g/mol. The zero-order valence-electron chi connectivity index (χ0n) is 27.7. The summed E-state index contributed by atoms with van der Waals surface area (Å²) in [7, 11) is 1.59. The summed E-state index contributed by atoms with van der Waals surface area (Å²) in [5.41, 5.74) is 4.58. The zero-order chi connectivity index (χ0) is 33.8. The van der Waals surface area contributed by atoms with Crippen molar-refractivity contribution in [3.8, 4) is 28.4 Å². The van der Waals surface area contributed by atoms with E-state index in [9.17, 15) is 9.59 Å². The number of hydrogen-bond donors (Lipinski definition) is 0. The second kappa shape index (κ2) is 14.3. The number of methoxy groups -OCH3 is 1. The van der Waals surface area contributed by atoms with E-state index in [0.29, 0.717) is 44.6 Å². The normalized spacial score (nSPS) is 14.5. The van der Waals surface area contributed by atoms with Crippen LogP contribution in [0.1, 0.15) is 51.3 Å². The molecule has 1 unspecified atom stereocenters. The highest BCUT2D eigenvalue weighted by Crippen LogP contribution is 2.32. The van der Waals surface area contributed by atoms with Gasteiger partial charge in [0.15, 0.2) is 4.80 Å². The first-order valence-corrected chi connectivity index (χ1v) is 16.8. The van der Waals surface area contributed by atoms with Crippen LogP contribution in [0, 0.1) is 5.92 Å². The maximum absolute atomic E-state index is 14.3. The summed E-state index contributed by atoms with van der Waals surface area (Å²) in [6.07, 6.45) is 4.75. The molecule has 0 saturated heterocycles. The van der Waals surface area contributed by atoms with Crippen LogP contribution in [0.3, 0.4) is 0 Å². The Balaban J connectivity index is 1.47. The molecule has 6 rings (SSSR count). The Bertz CT molecular complexity index is 2130. The van der Waals surface area contributed by atoms with Gasteiger partial charge in [0, 0.05) is 17.3 Å². The molecule has 3 aromatic carbocycles. The summed E-state index contributed by atoms with van der Waals surface area (Å²) in [6.45, 7) is 8.74. The van der Waals surface area contributed by atoms with Crippen molar-refractivity contribution in [3.63, 3.8) is 0 Å². The standard InChI is InChI=1S/C38H38N4O5S/c1-6-46-37(44)33-25(4)39-38-42(35(33)27-14-16-30(45-5)17-15-27)36(43)32(48-38)22-28-23-41(29-10-8-7-9-11-29)40-34(28)26-12-18-31(19-13-26)47-21-20-24(2)3/h7-19,22-24,35H,6,20-21H2,1-5H3/b32-22+. The van der Waals surface area contributed by atoms with Crippen molar-refractivity contribution in [2.75, 3.05) is 20.3 Å². The predicted octanol–water partition coefficient (Wildman–Crippen LogP) is 6.08. The van der Waals surface area contributed by atoms with E-state index in [0.717, 1.165) is 34.5 Å². The number of carbonyl (C=O) groups is 1. The molecule has 0 aliphatic carbocycles. The van der Waals surface area contributed by atoms with E-state index in [-0.39, 0.29) is 12.2 Å². The van der Waals surface area contributed by atoms with Gasteiger partial charge in [0.05, 0.1) is 47.9 Å². The van der Waals surface area contributed by atoms with Crippen LogP contribution in [-0.2, 0) is 9.53 Å². The van der Waals surface area contributed by atoms with Crippen molar-refractivity contribution in [2.45, 2.75) is 40.2 Å². The molecule has 1 atom stereocenters. The van der Waals surface area contributed by atoms with E-state index in [1.807, 2.05) is 95.8 Å². The third-order valence-corrected chi connectivity index (χ3v) is 9.07. The SMILES string of the molecule is CCOC(=O)C1=C(C)N=c2s/c(=C/c3cn(-c4ccccc4)nc3-c3ccc(OCCC(C)C)cc3)c(=O)n2C1c1ccc(OC)cc1. The van der Waals surface area contributed by atoms with Crippen molar-refractivity contribution in [1.29, 1.82) is 0 Å². The summed E-state index contributed by atoms with van der Waals surface area (Å²) >= 11 is 1.28. The van der Waals surface area contributed by atoms with Gasteiger partial charge in [-0.15, -0.1) is 0 Å². The molecule has 1 aliphatic rings. The molecule has 0 spiro atoms. The molecule has 0 radical (unpaired) electrons. The molecule has 3 heterocycles. The topological polar surface area (TPSA) is 96.9 Å². The van der Waals surface area contributed by atoms with Gasteiger partial charge in [0.25, 0.3) is 5.56 Å². The van der Waals surface area contributed by atoms with E-state index in [1.165, 1.54) is 11.3 Å². The Morgan fingerprint density at radius 1 is 1.00 bits per heavy atom. The average molecular weight is 663 g/mol. The predicted molar refractivity (Wildman–Crippen MR) is 187 cm³/mol. The minimum atomic E-state index is -0.719. The summed E-state index contributed by atoms with van der Waals surface area (Å²) in [6, 6.07) is 24.3. The summed E-state index contributed by atoms with van der Waals surface area (Å²) in [5.74, 6) is 1.52. The molecular weight excluding hydrogens is 625 g/mol. The number of benzene rings is 3. The number of nitrogens with zero attached hydrogens (tertiary/aromatic N) is 4. The number of allylic oxidation sites excluding steroid dienone is 1. The first kappa shape index (κ1) is 32.7. The lowest BCUT2D eigenvalue weighted by Crippen LogP contribution is -2.39. The van der Waals surface area contributed by atoms with Crippen molar-refractivity contribution in [1.82, 2.24) is 14.3 Å². The lowest BCUT2D eigenvalue weighted by molar-refractivity contribution is -0.139. The van der Waals surface area contributed by atoms with Gasteiger partial charge >= 0.3 is 5.97 Å². The van der Waals surface area contributed by atoms with Crippen LogP contribution in [-0.4, -0.2) is 40.6 Å². The highest BCUT2D eigenvalue weighted by atomic mass is 32.1. The number of rotatable bonds is 11. The molecule has 2 aromatic heterocycles. The molecule has 48 heavy (non-hydrogen) atoms. The minimum absolute atomic E-state index is 0.203. The number of thiazole rings is 1. The molecule has 0 fully saturated rings. The van der Waals surface area contributed by atoms with Gasteiger partial charge in [0.2, 0.25) is 0 Å². The molecule has 246 valence electrons. The van der Waals surface area contributed by atoms with Gasteiger partial charge < -0.3 is 14.2 Å². The van der Waals surface area contributed by atoms with Crippen LogP contribution in [0.2, 0.25) is 0 Å². The Morgan fingerprint density at radius 3 is 2.38 bits per heavy atom. The lowest BCUT2D eigenvalue weighted by Gasteiger charge is -2.24. The smallest absolute Gasteiger partial charge is 0.338 e. The van der Waals surface area contributed by atoms with Crippen molar-refractivity contribution in [3.05, 3.63) is 127 Å². The lowest BCUT2D eigenvalue weighted by atomic mass is 9.96. The third-order valence-electron chi connectivity index (χ3n) is 8.09. The molecule has 10 heteroatoms. The van der Waals surface area contributed by atoms with Crippen molar-refractivity contribution < 1.29 is 19.0 Å². The van der Waals surface area contributed by atoms with Gasteiger partial charge in [-0.05, 0) is 86.4 Å². The first-order valence-electron chi connectivity index (χ1n) is 16.0. The van der Waals surface area contributed by atoms with Crippen LogP contribution in [0.4, 0.5) is 0 Å². The zero-order valence-corrected chi connectivity index (χ0v) is 28.5. The number of esters is 1. The number of carbonyl (C=O) groups excluding carboxylic acids is 1. The number of aromatic nitrogens is 3. The highest BCUT2D eigenvalue weighted by molar-refractivity contribution is 7.07. The molecular formula is C38H38N4O5S. The van der Waals surface area contributed by atoms with Gasteiger partial charge in [-0.3, -0.25) is 9.36 Å². The average Bonchev–Trinajstić information content (AvgIpc) is 3.65. The van der Waals surface area contributed by atoms with Crippen LogP contribution < -0.4 is 24.4 Å². The Morgan fingerprint density at radius 2 is 1.71 bits per heavy atom. The molecule has 0 bridgehead atoms. The minimum Gasteiger partial charge on any atom is -0.497 e. The number of hydrogen-bond acceptors (Lipinski definition) is 8. The van der Waals surface area contributed by atoms with E-state index in [2.05, 4.69) is 13.8 Å². The second-order valence-electron chi connectivity index (χ2n) is 11.8. The molecule has 0 amide bonds. The van der Waals surface area contributed by atoms with Crippen LogP contribution in [0.25, 0.3) is 23.0 Å². The molecule has 9 nitrogen and oxygen atoms in total. The van der Waals surface area contributed by atoms with Crippen LogP contribution in [0.15, 0.2) is 106 Å². The fourth-order valence-corrected chi connectivity index (χ4v) is 6.62. The number of fused-ring (bicyclic) bond motifs is 1. The summed E-state index contributed by atoms with van der Waals surface area (Å²) in [5, 5.41) is 4.96. The van der Waals surface area contributed by atoms with E-state index in [1.54, 1.807) is 25.5 Å². The Hall–Kier alpha value is -5.22. The van der Waals surface area contributed by atoms with Gasteiger partial charge in [0.1, 0.15) is 17.2 Å². The Kier molecular flexibility index (Phi) is 9.72. The van der Waals surface area contributed by atoms with Gasteiger partial charge in [-0.1, -0.05) is 55.5 Å². The maximum atomic E-state index is 14.3. The van der Waals surface area contributed by atoms with E-state index >= 15 is 0 Å². The third kappa shape index (κ3) is 6.75. The van der Waals surface area contributed by atoms with Gasteiger partial charge in [-0.25, -0.2) is 14.5 Å². The largest absolute Gasteiger partial charge is 0.497 e. The Labute approximate surface area is 283 Å². The highest BCUT2D eigenvalue weighted by Gasteiger charge is 2.33. The van der Waals surface area contributed by atoms with Crippen molar-refractivity contribution in [2.24, 2.45) is 10.9 Å². The van der Waals surface area contributed by atoms with E-state index < -0.39 is 12.0 Å². The van der Waals surface area contributed by atoms with Gasteiger partial charge in [-0.2, -0.15) is 5.10 Å². The second-order valence-corrected chi connectivity index (χ2v) is 12.9. The molecule has 0 saturated carbocycles. The quantitative estimate of drug-likeness (QED) is 0.159.